The Bertz CT molecular complexity index is 748. The number of aromatic nitrogens is 2. The number of morpholine rings is 1. The van der Waals surface area contributed by atoms with Crippen molar-refractivity contribution in [3.05, 3.63) is 41.2 Å². The SMILES string of the molecule is Cc1cc(Cl)ccc1-c1nccn1[C@H]1C[C@H]2CO[C@@H](CCO)CN2C1. The van der Waals surface area contributed by atoms with Gasteiger partial charge in [-0.25, -0.2) is 4.98 Å². The standard InChI is InChI=1S/C19H24ClN3O2/c1-13-8-14(20)2-3-18(13)19-21-5-6-23(19)15-9-16-12-25-17(4-7-24)11-22(16)10-15/h2-3,5-6,8,15-17,24H,4,7,9-12H2,1H3/t15-,16-,17-/m0/s1. The molecule has 0 amide bonds. The summed E-state index contributed by atoms with van der Waals surface area (Å²) in [5.74, 6) is 1.01. The highest BCUT2D eigenvalue weighted by Gasteiger charge is 2.38. The molecule has 2 aliphatic heterocycles. The van der Waals surface area contributed by atoms with Crippen LogP contribution in [0.3, 0.4) is 0 Å². The van der Waals surface area contributed by atoms with Crippen molar-refractivity contribution in [2.24, 2.45) is 0 Å². The number of fused-ring (bicyclic) bond motifs is 1. The van der Waals surface area contributed by atoms with Gasteiger partial charge in [-0.3, -0.25) is 4.90 Å². The molecular formula is C19H24ClN3O2. The van der Waals surface area contributed by atoms with Crippen LogP contribution in [0.2, 0.25) is 5.02 Å². The smallest absolute Gasteiger partial charge is 0.140 e. The van der Waals surface area contributed by atoms with Gasteiger partial charge >= 0.3 is 0 Å². The first-order chi connectivity index (χ1) is 12.2. The van der Waals surface area contributed by atoms with Gasteiger partial charge in [-0.05, 0) is 43.5 Å². The van der Waals surface area contributed by atoms with Crippen LogP contribution in [-0.2, 0) is 4.74 Å². The van der Waals surface area contributed by atoms with Gasteiger partial charge in [0.1, 0.15) is 5.82 Å². The molecule has 1 aromatic heterocycles. The van der Waals surface area contributed by atoms with E-state index in [1.165, 1.54) is 0 Å². The number of halogens is 1. The molecule has 1 N–H and O–H groups in total. The summed E-state index contributed by atoms with van der Waals surface area (Å²) < 4.78 is 8.21. The number of aryl methyl sites for hydroxylation is 1. The number of hydrogen-bond acceptors (Lipinski definition) is 4. The summed E-state index contributed by atoms with van der Waals surface area (Å²) in [6, 6.07) is 6.82. The van der Waals surface area contributed by atoms with E-state index >= 15 is 0 Å². The van der Waals surface area contributed by atoms with Crippen molar-refractivity contribution < 1.29 is 9.84 Å². The van der Waals surface area contributed by atoms with E-state index in [0.29, 0.717) is 18.5 Å². The van der Waals surface area contributed by atoms with Crippen molar-refractivity contribution in [3.63, 3.8) is 0 Å². The number of rotatable bonds is 4. The summed E-state index contributed by atoms with van der Waals surface area (Å²) in [4.78, 5) is 7.13. The maximum atomic E-state index is 9.15. The minimum atomic E-state index is 0.153. The van der Waals surface area contributed by atoms with Crippen LogP contribution in [0.15, 0.2) is 30.6 Å². The van der Waals surface area contributed by atoms with E-state index in [2.05, 4.69) is 33.6 Å². The van der Waals surface area contributed by atoms with Crippen molar-refractivity contribution in [3.8, 4) is 11.4 Å². The normalized spacial score (nSPS) is 26.8. The van der Waals surface area contributed by atoms with Crippen molar-refractivity contribution in [2.45, 2.75) is 38.0 Å². The van der Waals surface area contributed by atoms with E-state index in [1.54, 1.807) is 0 Å². The molecule has 5 nitrogen and oxygen atoms in total. The highest BCUT2D eigenvalue weighted by atomic mass is 35.5. The van der Waals surface area contributed by atoms with Crippen LogP contribution < -0.4 is 0 Å². The predicted octanol–water partition coefficient (Wildman–Crippen LogP) is 2.91. The molecule has 4 rings (SSSR count). The lowest BCUT2D eigenvalue weighted by molar-refractivity contribution is -0.0567. The molecule has 25 heavy (non-hydrogen) atoms. The van der Waals surface area contributed by atoms with Crippen LogP contribution in [-0.4, -0.2) is 58.0 Å². The predicted molar refractivity (Wildman–Crippen MR) is 97.9 cm³/mol. The lowest BCUT2D eigenvalue weighted by Gasteiger charge is -2.34. The quantitative estimate of drug-likeness (QED) is 0.909. The highest BCUT2D eigenvalue weighted by molar-refractivity contribution is 6.30. The van der Waals surface area contributed by atoms with Gasteiger partial charge in [0.05, 0.1) is 12.7 Å². The Hall–Kier alpha value is -1.40. The Morgan fingerprint density at radius 2 is 2.20 bits per heavy atom. The van der Waals surface area contributed by atoms with Crippen molar-refractivity contribution in [2.75, 3.05) is 26.3 Å². The molecule has 2 aliphatic rings. The number of aliphatic hydroxyl groups is 1. The van der Waals surface area contributed by atoms with E-state index in [4.69, 9.17) is 21.4 Å². The van der Waals surface area contributed by atoms with Crippen LogP contribution in [0.1, 0.15) is 24.4 Å². The summed E-state index contributed by atoms with van der Waals surface area (Å²) in [7, 11) is 0. The fourth-order valence-electron chi connectivity index (χ4n) is 4.13. The van der Waals surface area contributed by atoms with Crippen LogP contribution in [0.5, 0.6) is 0 Å². The van der Waals surface area contributed by atoms with Gasteiger partial charge in [-0.1, -0.05) is 11.6 Å². The number of aliphatic hydroxyl groups excluding tert-OH is 1. The Morgan fingerprint density at radius 1 is 1.32 bits per heavy atom. The van der Waals surface area contributed by atoms with Gasteiger partial charge in [0.15, 0.2) is 0 Å². The number of benzene rings is 1. The molecule has 0 spiro atoms. The molecule has 1 aromatic carbocycles. The molecule has 2 saturated heterocycles. The third-order valence-electron chi connectivity index (χ3n) is 5.41. The van der Waals surface area contributed by atoms with Gasteiger partial charge in [-0.2, -0.15) is 0 Å². The first kappa shape index (κ1) is 17.0. The van der Waals surface area contributed by atoms with Gasteiger partial charge < -0.3 is 14.4 Å². The molecule has 3 heterocycles. The summed E-state index contributed by atoms with van der Waals surface area (Å²) in [6.45, 7) is 4.93. The fourth-order valence-corrected chi connectivity index (χ4v) is 4.36. The molecule has 0 aliphatic carbocycles. The Balaban J connectivity index is 1.55. The first-order valence-corrected chi connectivity index (χ1v) is 9.29. The third-order valence-corrected chi connectivity index (χ3v) is 5.65. The average Bonchev–Trinajstić information content (AvgIpc) is 3.21. The first-order valence-electron chi connectivity index (χ1n) is 8.91. The van der Waals surface area contributed by atoms with Crippen LogP contribution in [0.25, 0.3) is 11.4 Å². The molecule has 2 fully saturated rings. The third kappa shape index (κ3) is 3.34. The van der Waals surface area contributed by atoms with Crippen molar-refractivity contribution in [1.82, 2.24) is 14.5 Å². The molecule has 0 saturated carbocycles. The topological polar surface area (TPSA) is 50.5 Å². The summed E-state index contributed by atoms with van der Waals surface area (Å²) in [6.07, 6.45) is 5.90. The van der Waals surface area contributed by atoms with E-state index in [-0.39, 0.29) is 12.7 Å². The summed E-state index contributed by atoms with van der Waals surface area (Å²) in [5.41, 5.74) is 2.27. The molecule has 0 unspecified atom stereocenters. The average molecular weight is 362 g/mol. The van der Waals surface area contributed by atoms with Crippen LogP contribution >= 0.6 is 11.6 Å². The largest absolute Gasteiger partial charge is 0.396 e. The van der Waals surface area contributed by atoms with Gasteiger partial charge in [0.25, 0.3) is 0 Å². The molecule has 134 valence electrons. The van der Waals surface area contributed by atoms with E-state index < -0.39 is 0 Å². The number of hydrogen-bond donors (Lipinski definition) is 1. The molecule has 3 atom stereocenters. The van der Waals surface area contributed by atoms with Crippen molar-refractivity contribution in [1.29, 1.82) is 0 Å². The number of ether oxygens (including phenoxy) is 1. The Labute approximate surface area is 153 Å². The van der Waals surface area contributed by atoms with Gasteiger partial charge in [0, 0.05) is 54.8 Å². The fraction of sp³-hybridized carbons (Fsp3) is 0.526. The maximum absolute atomic E-state index is 9.15. The lowest BCUT2D eigenvalue weighted by Crippen LogP contribution is -2.46. The number of imidazole rings is 1. The zero-order valence-electron chi connectivity index (χ0n) is 14.4. The molecule has 0 radical (unpaired) electrons. The summed E-state index contributed by atoms with van der Waals surface area (Å²) >= 11 is 6.10. The monoisotopic (exact) mass is 361 g/mol. The zero-order valence-corrected chi connectivity index (χ0v) is 15.2. The second-order valence-electron chi connectivity index (χ2n) is 7.08. The highest BCUT2D eigenvalue weighted by Crippen LogP contribution is 2.34. The maximum Gasteiger partial charge on any atom is 0.140 e. The zero-order chi connectivity index (χ0) is 17.4. The minimum absolute atomic E-state index is 0.153. The summed E-state index contributed by atoms with van der Waals surface area (Å²) in [5, 5.41) is 9.90. The van der Waals surface area contributed by atoms with Gasteiger partial charge in [-0.15, -0.1) is 0 Å². The second kappa shape index (κ2) is 7.08. The van der Waals surface area contributed by atoms with Crippen LogP contribution in [0, 0.1) is 6.92 Å². The Kier molecular flexibility index (Phi) is 4.82. The second-order valence-corrected chi connectivity index (χ2v) is 7.52. The van der Waals surface area contributed by atoms with E-state index in [0.717, 1.165) is 48.1 Å². The number of nitrogens with zero attached hydrogens (tertiary/aromatic N) is 3. The Morgan fingerprint density at radius 3 is 3.00 bits per heavy atom. The molecule has 2 aromatic rings. The van der Waals surface area contributed by atoms with Gasteiger partial charge in [0.2, 0.25) is 0 Å². The lowest BCUT2D eigenvalue weighted by atomic mass is 10.1. The molecule has 6 heteroatoms. The van der Waals surface area contributed by atoms with Crippen LogP contribution in [0.4, 0.5) is 0 Å². The molecule has 0 bridgehead atoms. The minimum Gasteiger partial charge on any atom is -0.396 e. The molecular weight excluding hydrogens is 338 g/mol. The van der Waals surface area contributed by atoms with E-state index in [1.807, 2.05) is 18.3 Å². The van der Waals surface area contributed by atoms with Crippen molar-refractivity contribution >= 4 is 11.6 Å². The van der Waals surface area contributed by atoms with E-state index in [9.17, 15) is 0 Å².